The van der Waals surface area contributed by atoms with Crippen LogP contribution in [0.25, 0.3) is 0 Å². The highest BCUT2D eigenvalue weighted by molar-refractivity contribution is 6.02. The van der Waals surface area contributed by atoms with Crippen molar-refractivity contribution in [1.82, 2.24) is 0 Å². The summed E-state index contributed by atoms with van der Waals surface area (Å²) in [5, 5.41) is 3.06. The average molecular weight is 336 g/mol. The molecule has 0 spiro atoms. The third-order valence-electron chi connectivity index (χ3n) is 5.33. The van der Waals surface area contributed by atoms with Gasteiger partial charge in [-0.3, -0.25) is 4.90 Å². The smallest absolute Gasteiger partial charge is 0.308 e. The molecule has 25 heavy (non-hydrogen) atoms. The van der Waals surface area contributed by atoms with Crippen molar-refractivity contribution in [2.75, 3.05) is 10.2 Å². The number of benzene rings is 2. The lowest BCUT2D eigenvalue weighted by atomic mass is 9.79. The fourth-order valence-electron chi connectivity index (χ4n) is 3.81. The molecule has 1 saturated carbocycles. The molecule has 2 aromatic rings. The molecule has 0 radical (unpaired) electrons. The minimum Gasteiger partial charge on any atom is -0.308 e. The molecule has 132 valence electrons. The minimum absolute atomic E-state index is 0.0367. The highest BCUT2D eigenvalue weighted by Gasteiger charge is 2.30. The van der Waals surface area contributed by atoms with E-state index in [1.165, 1.54) is 12.8 Å². The van der Waals surface area contributed by atoms with E-state index in [-0.39, 0.29) is 12.1 Å². The molecular weight excluding hydrogens is 308 g/mol. The van der Waals surface area contributed by atoms with Crippen molar-refractivity contribution in [3.63, 3.8) is 0 Å². The number of carbonyl (C=O) groups is 1. The zero-order valence-corrected chi connectivity index (χ0v) is 15.2. The maximum absolute atomic E-state index is 13.0. The van der Waals surface area contributed by atoms with Gasteiger partial charge in [-0.05, 0) is 61.8 Å². The van der Waals surface area contributed by atoms with Crippen LogP contribution in [0.3, 0.4) is 0 Å². The van der Waals surface area contributed by atoms with E-state index >= 15 is 0 Å². The molecular formula is C22H28N2O. The van der Waals surface area contributed by atoms with Crippen molar-refractivity contribution in [3.05, 3.63) is 60.7 Å². The van der Waals surface area contributed by atoms with Crippen LogP contribution in [0.4, 0.5) is 16.2 Å². The number of anilines is 2. The third kappa shape index (κ3) is 4.41. The molecule has 1 aliphatic rings. The molecule has 1 N–H and O–H groups in total. The molecule has 3 nitrogen and oxygen atoms in total. The Morgan fingerprint density at radius 3 is 2.04 bits per heavy atom. The fraction of sp³-hybridized carbons (Fsp3) is 0.409. The van der Waals surface area contributed by atoms with Crippen molar-refractivity contribution in [3.8, 4) is 0 Å². The highest BCUT2D eigenvalue weighted by atomic mass is 16.2. The van der Waals surface area contributed by atoms with Gasteiger partial charge in [0.15, 0.2) is 0 Å². The van der Waals surface area contributed by atoms with E-state index in [1.54, 1.807) is 0 Å². The molecule has 1 aliphatic carbocycles. The fourth-order valence-corrected chi connectivity index (χ4v) is 3.81. The van der Waals surface area contributed by atoms with Gasteiger partial charge in [-0.1, -0.05) is 50.2 Å². The summed E-state index contributed by atoms with van der Waals surface area (Å²) in [5.74, 6) is 1.51. The molecule has 1 fully saturated rings. The monoisotopic (exact) mass is 336 g/mol. The Hall–Kier alpha value is -2.29. The number of nitrogens with one attached hydrogen (secondary N) is 1. The average Bonchev–Trinajstić information content (AvgIpc) is 2.64. The van der Waals surface area contributed by atoms with E-state index in [0.29, 0.717) is 0 Å². The normalized spacial score (nSPS) is 20.3. The molecule has 0 heterocycles. The van der Waals surface area contributed by atoms with Gasteiger partial charge in [-0.2, -0.15) is 0 Å². The van der Waals surface area contributed by atoms with Gasteiger partial charge in [0.2, 0.25) is 0 Å². The summed E-state index contributed by atoms with van der Waals surface area (Å²) in [7, 11) is 0. The first-order valence-electron chi connectivity index (χ1n) is 9.35. The van der Waals surface area contributed by atoms with Crippen LogP contribution in [0.2, 0.25) is 0 Å². The van der Waals surface area contributed by atoms with Gasteiger partial charge in [-0.15, -0.1) is 0 Å². The molecule has 3 heteroatoms. The van der Waals surface area contributed by atoms with Crippen LogP contribution in [0.15, 0.2) is 60.7 Å². The van der Waals surface area contributed by atoms with Crippen LogP contribution in [-0.4, -0.2) is 12.1 Å². The molecule has 0 saturated heterocycles. The SMILES string of the molecule is CC(C)C1CCC(N(C(=O)Nc2ccccc2)c2ccccc2)CC1. The first kappa shape index (κ1) is 17.5. The third-order valence-corrected chi connectivity index (χ3v) is 5.33. The van der Waals surface area contributed by atoms with E-state index < -0.39 is 0 Å². The number of carbonyl (C=O) groups excluding carboxylic acids is 1. The minimum atomic E-state index is -0.0367. The second kappa shape index (κ2) is 8.19. The summed E-state index contributed by atoms with van der Waals surface area (Å²) < 4.78 is 0. The summed E-state index contributed by atoms with van der Waals surface area (Å²) in [6, 6.07) is 20.0. The lowest BCUT2D eigenvalue weighted by Gasteiger charge is -2.38. The molecule has 3 rings (SSSR count). The van der Waals surface area contributed by atoms with E-state index in [0.717, 1.165) is 36.1 Å². The zero-order chi connectivity index (χ0) is 17.6. The standard InChI is InChI=1S/C22H28N2O/c1-17(2)18-13-15-21(16-14-18)24(20-11-7-4-8-12-20)22(25)23-19-9-5-3-6-10-19/h3-12,17-18,21H,13-16H2,1-2H3,(H,23,25). The maximum atomic E-state index is 13.0. The topological polar surface area (TPSA) is 32.3 Å². The van der Waals surface area contributed by atoms with Crippen LogP contribution in [-0.2, 0) is 0 Å². The zero-order valence-electron chi connectivity index (χ0n) is 15.2. The van der Waals surface area contributed by atoms with Gasteiger partial charge >= 0.3 is 6.03 Å². The van der Waals surface area contributed by atoms with E-state index in [4.69, 9.17) is 0 Å². The van der Waals surface area contributed by atoms with Crippen molar-refractivity contribution in [2.45, 2.75) is 45.6 Å². The predicted octanol–water partition coefficient (Wildman–Crippen LogP) is 5.94. The van der Waals surface area contributed by atoms with Gasteiger partial charge in [0, 0.05) is 17.4 Å². The quantitative estimate of drug-likeness (QED) is 0.736. The first-order valence-corrected chi connectivity index (χ1v) is 9.35. The van der Waals surface area contributed by atoms with Gasteiger partial charge in [0.05, 0.1) is 0 Å². The lowest BCUT2D eigenvalue weighted by Crippen LogP contribution is -2.45. The highest BCUT2D eigenvalue weighted by Crippen LogP contribution is 2.34. The number of rotatable bonds is 4. The number of hydrogen-bond donors (Lipinski definition) is 1. The molecule has 0 atom stereocenters. The Kier molecular flexibility index (Phi) is 5.75. The largest absolute Gasteiger partial charge is 0.326 e. The number of hydrogen-bond acceptors (Lipinski definition) is 1. The second-order valence-corrected chi connectivity index (χ2v) is 7.31. The van der Waals surface area contributed by atoms with Gasteiger partial charge < -0.3 is 5.32 Å². The Labute approximate surface area is 151 Å². The molecule has 2 amide bonds. The van der Waals surface area contributed by atoms with Crippen molar-refractivity contribution >= 4 is 17.4 Å². The molecule has 0 unspecified atom stereocenters. The van der Waals surface area contributed by atoms with Crippen LogP contribution in [0, 0.1) is 11.8 Å². The van der Waals surface area contributed by atoms with Crippen molar-refractivity contribution < 1.29 is 4.79 Å². The van der Waals surface area contributed by atoms with Crippen LogP contribution in [0.5, 0.6) is 0 Å². The van der Waals surface area contributed by atoms with Gasteiger partial charge in [-0.25, -0.2) is 4.79 Å². The molecule has 2 aromatic carbocycles. The summed E-state index contributed by atoms with van der Waals surface area (Å²) in [6.45, 7) is 4.62. The first-order chi connectivity index (χ1) is 12.1. The molecule has 0 bridgehead atoms. The number of amides is 2. The Bertz CT molecular complexity index is 661. The maximum Gasteiger partial charge on any atom is 0.326 e. The van der Waals surface area contributed by atoms with Crippen molar-refractivity contribution in [2.24, 2.45) is 11.8 Å². The summed E-state index contributed by atoms with van der Waals surface area (Å²) >= 11 is 0. The molecule has 0 aliphatic heterocycles. The van der Waals surface area contributed by atoms with E-state index in [9.17, 15) is 4.79 Å². The van der Waals surface area contributed by atoms with E-state index in [2.05, 4.69) is 19.2 Å². The molecule has 0 aromatic heterocycles. The van der Waals surface area contributed by atoms with Crippen LogP contribution < -0.4 is 10.2 Å². The summed E-state index contributed by atoms with van der Waals surface area (Å²) in [6.07, 6.45) is 4.54. The van der Waals surface area contributed by atoms with E-state index in [1.807, 2.05) is 65.6 Å². The number of para-hydroxylation sites is 2. The Morgan fingerprint density at radius 2 is 1.48 bits per heavy atom. The summed E-state index contributed by atoms with van der Waals surface area (Å²) in [5.41, 5.74) is 1.81. The van der Waals surface area contributed by atoms with Crippen molar-refractivity contribution in [1.29, 1.82) is 0 Å². The van der Waals surface area contributed by atoms with Crippen LogP contribution >= 0.6 is 0 Å². The Morgan fingerprint density at radius 1 is 0.920 bits per heavy atom. The van der Waals surface area contributed by atoms with Gasteiger partial charge in [0.25, 0.3) is 0 Å². The van der Waals surface area contributed by atoms with Crippen LogP contribution in [0.1, 0.15) is 39.5 Å². The van der Waals surface area contributed by atoms with Gasteiger partial charge in [0.1, 0.15) is 0 Å². The Balaban J connectivity index is 1.78. The number of urea groups is 1. The number of nitrogens with zero attached hydrogens (tertiary/aromatic N) is 1. The summed E-state index contributed by atoms with van der Waals surface area (Å²) in [4.78, 5) is 15.0. The predicted molar refractivity (Wildman–Crippen MR) is 105 cm³/mol. The lowest BCUT2D eigenvalue weighted by molar-refractivity contribution is 0.236. The second-order valence-electron chi connectivity index (χ2n) is 7.31.